The van der Waals surface area contributed by atoms with Gasteiger partial charge in [-0.2, -0.15) is 0 Å². The molecule has 9 heteroatoms. The molecule has 1 amide bonds. The Hall–Kier alpha value is -2.71. The minimum atomic E-state index is -4.17. The summed E-state index contributed by atoms with van der Waals surface area (Å²) in [5, 5.41) is 0.301. The highest BCUT2D eigenvalue weighted by molar-refractivity contribution is 7.90. The fourth-order valence-electron chi connectivity index (χ4n) is 2.32. The number of halogens is 2. The van der Waals surface area contributed by atoms with Crippen LogP contribution in [0.1, 0.15) is 16.1 Å². The summed E-state index contributed by atoms with van der Waals surface area (Å²) in [6.45, 7) is 1.43. The average molecular weight is 394 g/mol. The summed E-state index contributed by atoms with van der Waals surface area (Å²) in [6.07, 6.45) is 3.04. The van der Waals surface area contributed by atoms with Crippen LogP contribution in [0.5, 0.6) is 0 Å². The van der Waals surface area contributed by atoms with E-state index in [1.807, 2.05) is 4.72 Å². The summed E-state index contributed by atoms with van der Waals surface area (Å²) in [5.41, 5.74) is 0.192. The molecule has 1 aromatic carbocycles. The van der Waals surface area contributed by atoms with Gasteiger partial charge in [0.25, 0.3) is 15.9 Å². The van der Waals surface area contributed by atoms with Crippen molar-refractivity contribution in [3.8, 4) is 5.82 Å². The summed E-state index contributed by atoms with van der Waals surface area (Å²) in [7, 11) is -4.17. The van der Waals surface area contributed by atoms with Crippen LogP contribution in [0.3, 0.4) is 0 Å². The molecule has 0 aliphatic heterocycles. The molecule has 3 rings (SSSR count). The number of nitrogens with zero attached hydrogens (tertiary/aromatic N) is 2. The van der Waals surface area contributed by atoms with Gasteiger partial charge in [0.1, 0.15) is 11.5 Å². The predicted octanol–water partition coefficient (Wildman–Crippen LogP) is 3.09. The van der Waals surface area contributed by atoms with Gasteiger partial charge in [-0.05, 0) is 55.0 Å². The molecule has 1 N–H and O–H groups in total. The molecule has 2 aromatic heterocycles. The first kappa shape index (κ1) is 18.1. The van der Waals surface area contributed by atoms with E-state index in [9.17, 15) is 17.6 Å². The van der Waals surface area contributed by atoms with Crippen molar-refractivity contribution in [2.45, 2.75) is 11.8 Å². The smallest absolute Gasteiger partial charge is 0.282 e. The Morgan fingerprint density at radius 2 is 2.00 bits per heavy atom. The molecule has 0 spiro atoms. The normalized spacial score (nSPS) is 11.3. The van der Waals surface area contributed by atoms with Crippen LogP contribution in [-0.4, -0.2) is 23.9 Å². The van der Waals surface area contributed by atoms with Crippen molar-refractivity contribution < 1.29 is 17.6 Å². The summed E-state index contributed by atoms with van der Waals surface area (Å²) >= 11 is 6.08. The van der Waals surface area contributed by atoms with Crippen LogP contribution in [0, 0.1) is 12.7 Å². The van der Waals surface area contributed by atoms with E-state index >= 15 is 0 Å². The number of hydrogen-bond acceptors (Lipinski definition) is 4. The number of rotatable bonds is 4. The second kappa shape index (κ2) is 6.89. The second-order valence-electron chi connectivity index (χ2n) is 5.42. The van der Waals surface area contributed by atoms with Crippen molar-refractivity contribution >= 4 is 27.5 Å². The van der Waals surface area contributed by atoms with Gasteiger partial charge in [-0.15, -0.1) is 0 Å². The van der Waals surface area contributed by atoms with E-state index in [4.69, 9.17) is 11.6 Å². The predicted molar refractivity (Wildman–Crippen MR) is 94.4 cm³/mol. The van der Waals surface area contributed by atoms with Crippen LogP contribution in [0.25, 0.3) is 5.82 Å². The summed E-state index contributed by atoms with van der Waals surface area (Å²) < 4.78 is 41.5. The summed E-state index contributed by atoms with van der Waals surface area (Å²) in [4.78, 5) is 16.4. The average Bonchev–Trinajstić information content (AvgIpc) is 3.07. The fraction of sp³-hybridized carbons (Fsp3) is 0.0588. The van der Waals surface area contributed by atoms with Crippen molar-refractivity contribution in [3.05, 3.63) is 77.0 Å². The van der Waals surface area contributed by atoms with E-state index in [2.05, 4.69) is 4.98 Å². The van der Waals surface area contributed by atoms with E-state index in [0.29, 0.717) is 10.8 Å². The molecule has 0 aliphatic carbocycles. The Morgan fingerprint density at radius 3 is 2.69 bits per heavy atom. The fourth-order valence-corrected chi connectivity index (χ4v) is 3.58. The minimum Gasteiger partial charge on any atom is -0.295 e. The maximum atomic E-state index is 13.3. The molecule has 0 radical (unpaired) electrons. The highest BCUT2D eigenvalue weighted by atomic mass is 35.5. The monoisotopic (exact) mass is 393 g/mol. The van der Waals surface area contributed by atoms with Gasteiger partial charge in [-0.1, -0.05) is 11.6 Å². The van der Waals surface area contributed by atoms with Crippen molar-refractivity contribution in [2.75, 3.05) is 0 Å². The lowest BCUT2D eigenvalue weighted by atomic mass is 10.2. The molecule has 0 bridgehead atoms. The lowest BCUT2D eigenvalue weighted by molar-refractivity contribution is 0.0974. The lowest BCUT2D eigenvalue weighted by Gasteiger charge is -2.11. The quantitative estimate of drug-likeness (QED) is 0.738. The number of pyridine rings is 1. The van der Waals surface area contributed by atoms with Crippen LogP contribution >= 0.6 is 11.6 Å². The molecule has 6 nitrogen and oxygen atoms in total. The van der Waals surface area contributed by atoms with E-state index in [1.54, 1.807) is 18.2 Å². The molecule has 0 saturated carbocycles. The Labute approximate surface area is 154 Å². The number of aryl methyl sites for hydroxylation is 1. The first-order chi connectivity index (χ1) is 12.3. The van der Waals surface area contributed by atoms with E-state index in [-0.39, 0.29) is 16.2 Å². The Balaban J connectivity index is 1.93. The highest BCUT2D eigenvalue weighted by Crippen LogP contribution is 2.20. The summed E-state index contributed by atoms with van der Waals surface area (Å²) in [5.74, 6) is -1.10. The number of hydrogen-bond donors (Lipinski definition) is 1. The van der Waals surface area contributed by atoms with Gasteiger partial charge in [0.05, 0.1) is 9.92 Å². The van der Waals surface area contributed by atoms with E-state index < -0.39 is 21.7 Å². The molecular weight excluding hydrogens is 381 g/mol. The Kier molecular flexibility index (Phi) is 4.80. The lowest BCUT2D eigenvalue weighted by Crippen LogP contribution is -2.32. The van der Waals surface area contributed by atoms with Gasteiger partial charge in [0.2, 0.25) is 0 Å². The molecular formula is C17H13ClFN3O3S. The number of sulfonamides is 1. The molecule has 2 heterocycles. The van der Waals surface area contributed by atoms with Crippen LogP contribution in [0.4, 0.5) is 4.39 Å². The molecule has 3 aromatic rings. The van der Waals surface area contributed by atoms with Crippen LogP contribution < -0.4 is 4.72 Å². The number of carbonyl (C=O) groups excluding carboxylic acids is 1. The largest absolute Gasteiger partial charge is 0.295 e. The number of benzene rings is 1. The summed E-state index contributed by atoms with van der Waals surface area (Å²) in [6, 6.07) is 9.51. The third-order valence-electron chi connectivity index (χ3n) is 3.62. The zero-order valence-corrected chi connectivity index (χ0v) is 15.1. The molecule has 0 unspecified atom stereocenters. The van der Waals surface area contributed by atoms with E-state index in [1.165, 1.54) is 30.0 Å². The van der Waals surface area contributed by atoms with Crippen molar-refractivity contribution in [2.24, 2.45) is 0 Å². The van der Waals surface area contributed by atoms with Gasteiger partial charge < -0.3 is 0 Å². The number of amides is 1. The van der Waals surface area contributed by atoms with Gasteiger partial charge in [0.15, 0.2) is 5.82 Å². The SMILES string of the molecule is Cc1cc(S(=O)(=O)NC(=O)c2cccn2-c2ncccc2Cl)ccc1F. The third-order valence-corrected chi connectivity index (χ3v) is 5.24. The van der Waals surface area contributed by atoms with Crippen molar-refractivity contribution in [1.82, 2.24) is 14.3 Å². The van der Waals surface area contributed by atoms with E-state index in [0.717, 1.165) is 18.2 Å². The minimum absolute atomic E-state index is 0.0352. The molecule has 134 valence electrons. The first-order valence-electron chi connectivity index (χ1n) is 7.41. The van der Waals surface area contributed by atoms with Crippen molar-refractivity contribution in [1.29, 1.82) is 0 Å². The maximum absolute atomic E-state index is 13.3. The Bertz CT molecular complexity index is 1100. The maximum Gasteiger partial charge on any atom is 0.282 e. The number of aromatic nitrogens is 2. The van der Waals surface area contributed by atoms with Gasteiger partial charge >= 0.3 is 0 Å². The van der Waals surface area contributed by atoms with Crippen molar-refractivity contribution in [3.63, 3.8) is 0 Å². The zero-order valence-electron chi connectivity index (χ0n) is 13.5. The number of carbonyl (C=O) groups is 1. The van der Waals surface area contributed by atoms with Gasteiger partial charge in [0, 0.05) is 12.4 Å². The topological polar surface area (TPSA) is 81.1 Å². The molecule has 0 fully saturated rings. The Morgan fingerprint density at radius 1 is 1.23 bits per heavy atom. The first-order valence-corrected chi connectivity index (χ1v) is 9.27. The van der Waals surface area contributed by atoms with Crippen LogP contribution in [0.15, 0.2) is 59.8 Å². The zero-order chi connectivity index (χ0) is 18.9. The second-order valence-corrected chi connectivity index (χ2v) is 7.51. The van der Waals surface area contributed by atoms with Crippen LogP contribution in [-0.2, 0) is 10.0 Å². The standard InChI is InChI=1S/C17H13ClFN3O3S/c1-11-10-12(6-7-14(11)19)26(24,25)21-17(23)15-5-3-9-22(15)16-13(18)4-2-8-20-16/h2-10H,1H3,(H,21,23). The third kappa shape index (κ3) is 3.47. The highest BCUT2D eigenvalue weighted by Gasteiger charge is 2.22. The molecule has 0 aliphatic rings. The molecule has 26 heavy (non-hydrogen) atoms. The number of nitrogens with one attached hydrogen (secondary N) is 1. The molecule has 0 saturated heterocycles. The van der Waals surface area contributed by atoms with Gasteiger partial charge in [-0.25, -0.2) is 22.5 Å². The van der Waals surface area contributed by atoms with Gasteiger partial charge in [-0.3, -0.25) is 9.36 Å². The molecule has 0 atom stereocenters. The van der Waals surface area contributed by atoms with Crippen LogP contribution in [0.2, 0.25) is 5.02 Å².